The van der Waals surface area contributed by atoms with Crippen molar-refractivity contribution in [1.82, 2.24) is 24.2 Å². The van der Waals surface area contributed by atoms with Crippen molar-refractivity contribution in [1.29, 1.82) is 0 Å². The van der Waals surface area contributed by atoms with Crippen LogP contribution in [0.4, 0.5) is 0 Å². The Morgan fingerprint density at radius 1 is 1.12 bits per heavy atom. The maximum Gasteiger partial charge on any atom is 0.166 e. The van der Waals surface area contributed by atoms with Crippen LogP contribution in [0.15, 0.2) is 36.8 Å². The molecule has 0 saturated carbocycles. The van der Waals surface area contributed by atoms with Crippen molar-refractivity contribution >= 4 is 11.6 Å². The van der Waals surface area contributed by atoms with Gasteiger partial charge in [0.2, 0.25) is 0 Å². The van der Waals surface area contributed by atoms with Crippen molar-refractivity contribution in [3.8, 4) is 11.4 Å². The lowest BCUT2D eigenvalue weighted by Crippen LogP contribution is -2.33. The summed E-state index contributed by atoms with van der Waals surface area (Å²) in [6, 6.07) is 8.89. The molecule has 5 rings (SSSR count). The van der Waals surface area contributed by atoms with Gasteiger partial charge in [0.15, 0.2) is 5.82 Å². The Bertz CT molecular complexity index is 1070. The molecule has 0 unspecified atom stereocenters. The zero-order valence-corrected chi connectivity index (χ0v) is 13.9. The minimum atomic E-state index is 0.925. The van der Waals surface area contributed by atoms with Crippen molar-refractivity contribution < 1.29 is 0 Å². The summed E-state index contributed by atoms with van der Waals surface area (Å²) in [6.45, 7) is 0.925. The zero-order valence-electron chi connectivity index (χ0n) is 13.9. The molecule has 5 heteroatoms. The SMILES string of the molecule is CN(C)Cc1ccc2c(c1)-n1ccc3c1=C(CCC=3)c1nncn1-2. The summed E-state index contributed by atoms with van der Waals surface area (Å²) in [5, 5.41) is 11.2. The van der Waals surface area contributed by atoms with Crippen molar-refractivity contribution in [3.05, 3.63) is 58.7 Å². The highest BCUT2D eigenvalue weighted by Crippen LogP contribution is 2.28. The fraction of sp³-hybridized carbons (Fsp3) is 0.263. The van der Waals surface area contributed by atoms with E-state index in [1.807, 2.05) is 6.33 Å². The summed E-state index contributed by atoms with van der Waals surface area (Å²) in [4.78, 5) is 2.19. The Labute approximate surface area is 140 Å². The van der Waals surface area contributed by atoms with Crippen LogP contribution in [-0.4, -0.2) is 38.3 Å². The molecule has 0 amide bonds. The van der Waals surface area contributed by atoms with Crippen LogP contribution in [0, 0.1) is 0 Å². The summed E-state index contributed by atoms with van der Waals surface area (Å²) < 4.78 is 4.45. The van der Waals surface area contributed by atoms with Gasteiger partial charge in [0.25, 0.3) is 0 Å². The van der Waals surface area contributed by atoms with Gasteiger partial charge in [-0.05, 0) is 55.9 Å². The molecule has 0 bridgehead atoms. The van der Waals surface area contributed by atoms with E-state index < -0.39 is 0 Å². The molecule has 1 aliphatic heterocycles. The molecule has 1 aliphatic carbocycles. The van der Waals surface area contributed by atoms with E-state index in [1.165, 1.54) is 27.4 Å². The highest BCUT2D eigenvalue weighted by Gasteiger charge is 2.23. The van der Waals surface area contributed by atoms with E-state index in [0.717, 1.165) is 30.9 Å². The van der Waals surface area contributed by atoms with E-state index in [0.29, 0.717) is 0 Å². The Morgan fingerprint density at radius 2 is 2.04 bits per heavy atom. The predicted molar refractivity (Wildman–Crippen MR) is 93.5 cm³/mol. The van der Waals surface area contributed by atoms with Gasteiger partial charge in [0.05, 0.1) is 16.7 Å². The second kappa shape index (κ2) is 4.92. The molecule has 24 heavy (non-hydrogen) atoms. The van der Waals surface area contributed by atoms with Crippen LogP contribution >= 0.6 is 0 Å². The van der Waals surface area contributed by atoms with Gasteiger partial charge in [-0.15, -0.1) is 10.2 Å². The first-order chi connectivity index (χ1) is 11.7. The lowest BCUT2D eigenvalue weighted by Gasteiger charge is -2.15. The van der Waals surface area contributed by atoms with E-state index in [9.17, 15) is 0 Å². The van der Waals surface area contributed by atoms with Crippen molar-refractivity contribution in [3.63, 3.8) is 0 Å². The van der Waals surface area contributed by atoms with Crippen LogP contribution in [0.25, 0.3) is 23.0 Å². The summed E-state index contributed by atoms with van der Waals surface area (Å²) in [5.74, 6) is 0.975. The van der Waals surface area contributed by atoms with E-state index in [2.05, 4.69) is 74.9 Å². The predicted octanol–water partition coefficient (Wildman–Crippen LogP) is 1.21. The van der Waals surface area contributed by atoms with Crippen molar-refractivity contribution in [2.75, 3.05) is 14.1 Å². The summed E-state index contributed by atoms with van der Waals surface area (Å²) in [7, 11) is 4.20. The molecule has 0 N–H and O–H groups in total. The molecule has 3 aromatic rings. The number of aromatic nitrogens is 4. The first kappa shape index (κ1) is 13.7. The number of benzene rings is 1. The highest BCUT2D eigenvalue weighted by atomic mass is 15.3. The van der Waals surface area contributed by atoms with Gasteiger partial charge in [-0.25, -0.2) is 0 Å². The average molecular weight is 317 g/mol. The monoisotopic (exact) mass is 317 g/mol. The van der Waals surface area contributed by atoms with Crippen LogP contribution in [0.5, 0.6) is 0 Å². The quantitative estimate of drug-likeness (QED) is 0.713. The molecule has 1 aromatic carbocycles. The second-order valence-electron chi connectivity index (χ2n) is 6.80. The molecule has 5 nitrogen and oxygen atoms in total. The van der Waals surface area contributed by atoms with Gasteiger partial charge in [-0.3, -0.25) is 4.57 Å². The van der Waals surface area contributed by atoms with Crippen molar-refractivity contribution in [2.45, 2.75) is 19.4 Å². The Balaban J connectivity index is 1.89. The van der Waals surface area contributed by atoms with Crippen LogP contribution in [0.3, 0.4) is 0 Å². The Morgan fingerprint density at radius 3 is 2.92 bits per heavy atom. The zero-order chi connectivity index (χ0) is 16.3. The third kappa shape index (κ3) is 1.85. The molecule has 2 aromatic heterocycles. The standard InChI is InChI=1S/C19H19N5/c1-22(2)11-13-6-7-16-17(10-13)23-9-8-14-4-3-5-15(18(14)23)19-21-20-12-24(16)19/h4,6-10,12H,3,5,11H2,1-2H3. The fourth-order valence-corrected chi connectivity index (χ4v) is 3.89. The molecular weight excluding hydrogens is 298 g/mol. The van der Waals surface area contributed by atoms with Gasteiger partial charge in [0.1, 0.15) is 6.33 Å². The molecule has 2 aliphatic rings. The smallest absolute Gasteiger partial charge is 0.166 e. The number of hydrogen-bond donors (Lipinski definition) is 0. The van der Waals surface area contributed by atoms with E-state index >= 15 is 0 Å². The minimum Gasteiger partial charge on any atom is -0.314 e. The molecule has 0 spiro atoms. The maximum atomic E-state index is 4.43. The van der Waals surface area contributed by atoms with Crippen molar-refractivity contribution in [2.24, 2.45) is 0 Å². The molecule has 0 fully saturated rings. The molecule has 3 heterocycles. The van der Waals surface area contributed by atoms with Crippen LogP contribution in [0.1, 0.15) is 24.2 Å². The lowest BCUT2D eigenvalue weighted by atomic mass is 10.0. The van der Waals surface area contributed by atoms with Crippen LogP contribution in [-0.2, 0) is 6.54 Å². The van der Waals surface area contributed by atoms with Gasteiger partial charge >= 0.3 is 0 Å². The minimum absolute atomic E-state index is 0.925. The summed E-state index contributed by atoms with van der Waals surface area (Å²) in [5.41, 5.74) is 4.93. The summed E-state index contributed by atoms with van der Waals surface area (Å²) in [6.07, 6.45) is 8.40. The number of fused-ring (bicyclic) bond motifs is 5. The number of nitrogens with zero attached hydrogens (tertiary/aromatic N) is 5. The second-order valence-corrected chi connectivity index (χ2v) is 6.80. The highest BCUT2D eigenvalue weighted by molar-refractivity contribution is 5.69. The lowest BCUT2D eigenvalue weighted by molar-refractivity contribution is 0.402. The van der Waals surface area contributed by atoms with E-state index in [1.54, 1.807) is 0 Å². The Kier molecular flexibility index (Phi) is 2.82. The van der Waals surface area contributed by atoms with E-state index in [-0.39, 0.29) is 0 Å². The fourth-order valence-electron chi connectivity index (χ4n) is 3.89. The Hall–Kier alpha value is -2.66. The van der Waals surface area contributed by atoms with Gasteiger partial charge in [-0.1, -0.05) is 12.1 Å². The van der Waals surface area contributed by atoms with Gasteiger partial charge in [0, 0.05) is 18.3 Å². The average Bonchev–Trinajstić information content (AvgIpc) is 3.18. The third-order valence-corrected chi connectivity index (χ3v) is 4.84. The first-order valence-corrected chi connectivity index (χ1v) is 8.32. The van der Waals surface area contributed by atoms with E-state index in [4.69, 9.17) is 0 Å². The molecule has 120 valence electrons. The largest absolute Gasteiger partial charge is 0.314 e. The van der Waals surface area contributed by atoms with Crippen LogP contribution < -0.4 is 10.6 Å². The third-order valence-electron chi connectivity index (χ3n) is 4.84. The molecule has 0 saturated heterocycles. The molecular formula is C19H19N5. The van der Waals surface area contributed by atoms with Gasteiger partial charge < -0.3 is 9.47 Å². The topological polar surface area (TPSA) is 38.9 Å². The van der Waals surface area contributed by atoms with Crippen LogP contribution in [0.2, 0.25) is 0 Å². The van der Waals surface area contributed by atoms with Gasteiger partial charge in [-0.2, -0.15) is 0 Å². The first-order valence-electron chi connectivity index (χ1n) is 8.32. The summed E-state index contributed by atoms with van der Waals surface area (Å²) >= 11 is 0. The molecule has 0 radical (unpaired) electrons. The molecule has 0 atom stereocenters. The number of hydrogen-bond acceptors (Lipinski definition) is 3. The number of rotatable bonds is 2. The normalized spacial score (nSPS) is 14.7. The maximum absolute atomic E-state index is 4.43.